The van der Waals surface area contributed by atoms with Crippen LogP contribution in [0.5, 0.6) is 0 Å². The zero-order valence-electron chi connectivity index (χ0n) is 7.10. The average molecular weight is 190 g/mol. The fraction of sp³-hybridized carbons (Fsp3) is 0.0909. The Morgan fingerprint density at radius 3 is 3.00 bits per heavy atom. The Hall–Kier alpha value is -1.33. The number of hydrogen-bond acceptors (Lipinski definition) is 1. The van der Waals surface area contributed by atoms with Crippen molar-refractivity contribution in [3.05, 3.63) is 34.0 Å². The molecule has 0 bridgehead atoms. The smallest absolute Gasteiger partial charge is 0.111 e. The first-order valence-electron chi connectivity index (χ1n) is 3.91. The van der Waals surface area contributed by atoms with Gasteiger partial charge in [0.05, 0.1) is 0 Å². The summed E-state index contributed by atoms with van der Waals surface area (Å²) in [5, 5.41) is 4.44. The van der Waals surface area contributed by atoms with Crippen molar-refractivity contribution < 1.29 is 4.39 Å². The second kappa shape index (κ2) is 3.20. The molecule has 0 saturated heterocycles. The minimum Gasteiger partial charge on any atom is -0.148 e. The van der Waals surface area contributed by atoms with Gasteiger partial charge in [-0.05, 0) is 41.1 Å². The van der Waals surface area contributed by atoms with E-state index in [-0.39, 0.29) is 0 Å². The highest BCUT2D eigenvalue weighted by molar-refractivity contribution is 7.11. The molecule has 2 rings (SSSR count). The first kappa shape index (κ1) is 8.28. The van der Waals surface area contributed by atoms with Crippen LogP contribution in [0.1, 0.15) is 10.4 Å². The highest BCUT2D eigenvalue weighted by Gasteiger charge is 1.99. The summed E-state index contributed by atoms with van der Waals surface area (Å²) in [4.78, 5) is 1.29. The van der Waals surface area contributed by atoms with Crippen LogP contribution < -0.4 is 0 Å². The van der Waals surface area contributed by atoms with Crippen LogP contribution >= 0.6 is 11.3 Å². The van der Waals surface area contributed by atoms with Gasteiger partial charge >= 0.3 is 0 Å². The first-order valence-corrected chi connectivity index (χ1v) is 4.79. The molecule has 0 spiro atoms. The van der Waals surface area contributed by atoms with Gasteiger partial charge in [-0.15, -0.1) is 15.7 Å². The van der Waals surface area contributed by atoms with Gasteiger partial charge in [0.2, 0.25) is 0 Å². The van der Waals surface area contributed by atoms with E-state index in [1.165, 1.54) is 16.4 Å². The van der Waals surface area contributed by atoms with Crippen molar-refractivity contribution >= 4 is 22.1 Å². The van der Waals surface area contributed by atoms with Crippen molar-refractivity contribution in [3.8, 4) is 12.1 Å². The molecule has 2 aromatic rings. The van der Waals surface area contributed by atoms with Gasteiger partial charge in [0.1, 0.15) is 6.17 Å². The third kappa shape index (κ3) is 1.43. The van der Waals surface area contributed by atoms with E-state index in [4.69, 9.17) is 0 Å². The molecule has 0 radical (unpaired) electrons. The molecule has 0 saturated carbocycles. The Bertz CT molecular complexity index is 500. The lowest BCUT2D eigenvalue weighted by molar-refractivity contribution is 0.774. The van der Waals surface area contributed by atoms with Crippen LogP contribution in [0, 0.1) is 19.0 Å². The van der Waals surface area contributed by atoms with E-state index in [0.717, 1.165) is 10.9 Å². The van der Waals surface area contributed by atoms with Crippen molar-refractivity contribution in [1.29, 1.82) is 0 Å². The summed E-state index contributed by atoms with van der Waals surface area (Å²) in [7, 11) is 0. The van der Waals surface area contributed by atoms with E-state index in [9.17, 15) is 4.39 Å². The van der Waals surface area contributed by atoms with Crippen molar-refractivity contribution in [1.82, 2.24) is 0 Å². The Morgan fingerprint density at radius 1 is 1.38 bits per heavy atom. The lowest BCUT2D eigenvalue weighted by Crippen LogP contribution is -1.73. The van der Waals surface area contributed by atoms with Crippen LogP contribution in [0.2, 0.25) is 0 Å². The molecule has 1 aromatic heterocycles. The number of aryl methyl sites for hydroxylation is 1. The van der Waals surface area contributed by atoms with Gasteiger partial charge < -0.3 is 0 Å². The molecule has 0 atom stereocenters. The molecule has 2 heteroatoms. The molecule has 0 aliphatic rings. The van der Waals surface area contributed by atoms with E-state index in [1.54, 1.807) is 11.3 Å². The van der Waals surface area contributed by atoms with Crippen LogP contribution in [0.4, 0.5) is 4.39 Å². The summed E-state index contributed by atoms with van der Waals surface area (Å²) in [5.41, 5.74) is 0.729. The lowest BCUT2D eigenvalue weighted by atomic mass is 10.1. The predicted molar refractivity (Wildman–Crippen MR) is 54.5 cm³/mol. The van der Waals surface area contributed by atoms with Crippen LogP contribution in [0.15, 0.2) is 23.6 Å². The van der Waals surface area contributed by atoms with E-state index in [0.29, 0.717) is 0 Å². The molecule has 0 fully saturated rings. The summed E-state index contributed by atoms with van der Waals surface area (Å²) in [6.07, 6.45) is 1.41. The number of fused-ring (bicyclic) bond motifs is 1. The van der Waals surface area contributed by atoms with Crippen LogP contribution in [-0.4, -0.2) is 0 Å². The first-order chi connectivity index (χ1) is 6.31. The van der Waals surface area contributed by atoms with Crippen LogP contribution in [-0.2, 0) is 0 Å². The SMILES string of the molecule is Cc1scc2cc(C#CF)ccc12. The maximum Gasteiger partial charge on any atom is 0.111 e. The Labute approximate surface area is 80.0 Å². The van der Waals surface area contributed by atoms with Gasteiger partial charge in [-0.1, -0.05) is 6.07 Å². The molecule has 0 amide bonds. The van der Waals surface area contributed by atoms with Gasteiger partial charge in [-0.25, -0.2) is 0 Å². The second-order valence-corrected chi connectivity index (χ2v) is 3.90. The normalized spacial score (nSPS) is 9.69. The van der Waals surface area contributed by atoms with Crippen molar-refractivity contribution in [2.75, 3.05) is 0 Å². The summed E-state index contributed by atoms with van der Waals surface area (Å²) in [6, 6.07) is 5.74. The molecule has 0 unspecified atom stereocenters. The molecular formula is C11H7FS. The maximum atomic E-state index is 11.7. The summed E-state index contributed by atoms with van der Waals surface area (Å²) in [6.45, 7) is 2.08. The second-order valence-electron chi connectivity index (χ2n) is 2.81. The molecule has 0 nitrogen and oxygen atoms in total. The van der Waals surface area contributed by atoms with Crippen molar-refractivity contribution in [2.24, 2.45) is 0 Å². The summed E-state index contributed by atoms with van der Waals surface area (Å²) < 4.78 is 11.7. The molecule has 1 heterocycles. The molecule has 64 valence electrons. The van der Waals surface area contributed by atoms with Gasteiger partial charge in [0, 0.05) is 10.4 Å². The molecule has 1 aromatic carbocycles. The monoisotopic (exact) mass is 190 g/mol. The number of thiophene rings is 1. The van der Waals surface area contributed by atoms with Gasteiger partial charge in [0.15, 0.2) is 0 Å². The molecule has 0 N–H and O–H groups in total. The average Bonchev–Trinajstić information content (AvgIpc) is 2.48. The Kier molecular flexibility index (Phi) is 2.03. The standard InChI is InChI=1S/C11H7FS/c1-8-11-3-2-9(4-5-12)6-10(11)7-13-8/h2-3,6-7H,1H3. The predicted octanol–water partition coefficient (Wildman–Crippen LogP) is 3.49. The minimum absolute atomic E-state index is 0.729. The van der Waals surface area contributed by atoms with Crippen molar-refractivity contribution in [2.45, 2.75) is 6.92 Å². The van der Waals surface area contributed by atoms with Crippen LogP contribution in [0.25, 0.3) is 10.8 Å². The van der Waals surface area contributed by atoms with Gasteiger partial charge in [0.25, 0.3) is 0 Å². The topological polar surface area (TPSA) is 0 Å². The highest BCUT2D eigenvalue weighted by Crippen LogP contribution is 2.25. The fourth-order valence-corrected chi connectivity index (χ4v) is 2.14. The quantitative estimate of drug-likeness (QED) is 0.558. The maximum absolute atomic E-state index is 11.7. The third-order valence-electron chi connectivity index (χ3n) is 1.99. The number of rotatable bonds is 0. The van der Waals surface area contributed by atoms with E-state index in [2.05, 4.69) is 18.2 Å². The lowest BCUT2D eigenvalue weighted by Gasteiger charge is -1.92. The summed E-state index contributed by atoms with van der Waals surface area (Å²) >= 11 is 1.70. The molecule has 13 heavy (non-hydrogen) atoms. The van der Waals surface area contributed by atoms with E-state index in [1.807, 2.05) is 18.2 Å². The Morgan fingerprint density at radius 2 is 2.23 bits per heavy atom. The van der Waals surface area contributed by atoms with Crippen LogP contribution in [0.3, 0.4) is 0 Å². The van der Waals surface area contributed by atoms with Gasteiger partial charge in [-0.3, -0.25) is 0 Å². The third-order valence-corrected chi connectivity index (χ3v) is 2.93. The van der Waals surface area contributed by atoms with E-state index >= 15 is 0 Å². The number of halogens is 1. The Balaban J connectivity index is 2.67. The largest absolute Gasteiger partial charge is 0.148 e. The molecule has 0 aliphatic carbocycles. The zero-order chi connectivity index (χ0) is 9.26. The van der Waals surface area contributed by atoms with Gasteiger partial charge in [-0.2, -0.15) is 0 Å². The minimum atomic E-state index is 0.729. The molecule has 0 aliphatic heterocycles. The van der Waals surface area contributed by atoms with Crippen molar-refractivity contribution in [3.63, 3.8) is 0 Å². The summed E-state index contributed by atoms with van der Waals surface area (Å²) in [5.74, 6) is 2.40. The number of hydrogen-bond donors (Lipinski definition) is 0. The van der Waals surface area contributed by atoms with E-state index < -0.39 is 0 Å². The molecular weight excluding hydrogens is 183 g/mol. The fourth-order valence-electron chi connectivity index (χ4n) is 1.33. The zero-order valence-corrected chi connectivity index (χ0v) is 7.91. The number of benzene rings is 1. The highest BCUT2D eigenvalue weighted by atomic mass is 32.1.